The van der Waals surface area contributed by atoms with Crippen LogP contribution in [0, 0.1) is 11.8 Å². The Hall–Kier alpha value is -10.6. The van der Waals surface area contributed by atoms with Crippen LogP contribution in [-0.4, -0.2) is 244 Å². The van der Waals surface area contributed by atoms with Crippen LogP contribution in [0.15, 0.2) is 34.3 Å². The number of aliphatic carboxylic acids is 1. The van der Waals surface area contributed by atoms with Gasteiger partial charge in [-0.25, -0.2) is 4.79 Å². The second-order valence-corrected chi connectivity index (χ2v) is 24.5. The summed E-state index contributed by atoms with van der Waals surface area (Å²) < 4.78 is 0. The van der Waals surface area contributed by atoms with E-state index in [4.69, 9.17) is 45.9 Å². The fourth-order valence-corrected chi connectivity index (χ4v) is 9.42. The number of carboxylic acid groups (broad SMARTS) is 1. The van der Waals surface area contributed by atoms with Gasteiger partial charge in [-0.3, -0.25) is 77.1 Å². The molecule has 0 aliphatic rings. The predicted molar refractivity (Wildman–Crippen MR) is 368 cm³/mol. The first-order valence-corrected chi connectivity index (χ1v) is 32.9. The number of guanidine groups is 2. The number of carbonyl (C=O) groups is 15. The number of amides is 14. The zero-order valence-corrected chi connectivity index (χ0v) is 58.4. The lowest BCUT2D eigenvalue weighted by molar-refractivity contribution is -0.142. The molecule has 0 unspecified atom stereocenters. The Morgan fingerprint density at radius 1 is 0.456 bits per heavy atom. The Bertz CT molecular complexity index is 3110. The van der Waals surface area contributed by atoms with Crippen molar-refractivity contribution in [2.75, 3.05) is 39.4 Å². The minimum Gasteiger partial charge on any atom is -0.508 e. The molecule has 0 aliphatic heterocycles. The SMILES string of the molecule is CC[C@H](C)[C@H](NC(=O)[C@H](CO)NC(=O)[C@@H](NC(=O)[C@H](CC(N)=O)NC(=O)[C@H](CO)NC(=O)[C@@H](NC(=O)CNC(=O)[C@H](Cc1ccc(O)cc1)NC(=O)[C@H](CCCN=C(N)N)NC(=O)[C@H](C)N)C(C)C)[C@@H](C)O)C(=O)N[C@@H](CC(N)=O)C(=O)N[C@@H](CCCN=C(N)N)C(=O)N[C@@H](CCCCN)C(=O)O. The molecule has 0 fully saturated rings. The van der Waals surface area contributed by atoms with Crippen LogP contribution < -0.4 is 110 Å². The summed E-state index contributed by atoms with van der Waals surface area (Å²) in [5.74, 6) is -19.3. The summed E-state index contributed by atoms with van der Waals surface area (Å²) in [6.07, 6.45) is -3.13. The number of aliphatic hydroxyl groups is 3. The summed E-state index contributed by atoms with van der Waals surface area (Å²) in [5.41, 5.74) is 44.1. The van der Waals surface area contributed by atoms with E-state index in [0.717, 1.165) is 6.92 Å². The molecule has 0 bridgehead atoms. The highest BCUT2D eigenvalue weighted by Gasteiger charge is 2.39. The van der Waals surface area contributed by atoms with Crippen molar-refractivity contribution in [1.82, 2.24) is 63.8 Å². The highest BCUT2D eigenvalue weighted by Crippen LogP contribution is 2.15. The molecule has 0 heterocycles. The molecule has 0 aliphatic carbocycles. The van der Waals surface area contributed by atoms with Crippen LogP contribution in [0.4, 0.5) is 0 Å². The highest BCUT2D eigenvalue weighted by atomic mass is 16.4. The van der Waals surface area contributed by atoms with E-state index in [0.29, 0.717) is 18.4 Å². The third kappa shape index (κ3) is 34.6. The number of aromatic hydroxyl groups is 1. The zero-order chi connectivity index (χ0) is 78.4. The van der Waals surface area contributed by atoms with E-state index < -0.39 is 212 Å². The molecule has 578 valence electrons. The van der Waals surface area contributed by atoms with Crippen molar-refractivity contribution in [3.05, 3.63) is 29.8 Å². The summed E-state index contributed by atoms with van der Waals surface area (Å²) in [6, 6.07) is -14.2. The molecule has 0 spiro atoms. The van der Waals surface area contributed by atoms with Crippen LogP contribution in [0.2, 0.25) is 0 Å². The van der Waals surface area contributed by atoms with E-state index in [1.165, 1.54) is 52.0 Å². The molecule has 1 aromatic rings. The largest absolute Gasteiger partial charge is 0.508 e. The topological polar surface area (TPSA) is 734 Å². The molecule has 14 amide bonds. The lowest BCUT2D eigenvalue weighted by Gasteiger charge is -2.29. The first kappa shape index (κ1) is 90.4. The molecular formula is C61H104N22O20. The first-order valence-electron chi connectivity index (χ1n) is 32.9. The lowest BCUT2D eigenvalue weighted by atomic mass is 9.97. The number of phenolic OH excluding ortho intramolecular Hbond substituents is 1. The third-order valence-corrected chi connectivity index (χ3v) is 15.4. The minimum absolute atomic E-state index is 0.0169. The lowest BCUT2D eigenvalue weighted by Crippen LogP contribution is -2.63. The number of hydrogen-bond donors (Lipinski definition) is 25. The molecule has 14 atom stereocenters. The Morgan fingerprint density at radius 3 is 1.28 bits per heavy atom. The van der Waals surface area contributed by atoms with E-state index >= 15 is 0 Å². The molecule has 1 aromatic carbocycles. The number of aliphatic imine (C=N–C) groups is 2. The molecule has 0 aromatic heterocycles. The van der Waals surface area contributed by atoms with E-state index in [1.807, 2.05) is 0 Å². The first-order chi connectivity index (χ1) is 48.3. The van der Waals surface area contributed by atoms with Gasteiger partial charge in [0.25, 0.3) is 0 Å². The molecule has 33 N–H and O–H groups in total. The number of carbonyl (C=O) groups excluding carboxylic acids is 14. The van der Waals surface area contributed by atoms with Gasteiger partial charge in [0, 0.05) is 19.5 Å². The Morgan fingerprint density at radius 2 is 0.845 bits per heavy atom. The number of carboxylic acids is 1. The van der Waals surface area contributed by atoms with Gasteiger partial charge in [-0.2, -0.15) is 0 Å². The van der Waals surface area contributed by atoms with Gasteiger partial charge in [0.1, 0.15) is 72.2 Å². The molecule has 0 saturated carbocycles. The van der Waals surface area contributed by atoms with Crippen molar-refractivity contribution in [1.29, 1.82) is 0 Å². The van der Waals surface area contributed by atoms with Gasteiger partial charge in [-0.05, 0) is 94.9 Å². The van der Waals surface area contributed by atoms with Gasteiger partial charge >= 0.3 is 5.97 Å². The summed E-state index contributed by atoms with van der Waals surface area (Å²) in [4.78, 5) is 208. The molecule has 103 heavy (non-hydrogen) atoms. The van der Waals surface area contributed by atoms with Crippen molar-refractivity contribution in [2.24, 2.45) is 67.7 Å². The summed E-state index contributed by atoms with van der Waals surface area (Å²) in [7, 11) is 0. The maximum Gasteiger partial charge on any atom is 0.326 e. The van der Waals surface area contributed by atoms with Crippen molar-refractivity contribution in [3.63, 3.8) is 0 Å². The number of phenols is 1. The van der Waals surface area contributed by atoms with E-state index in [1.54, 1.807) is 6.92 Å². The second-order valence-electron chi connectivity index (χ2n) is 24.5. The number of nitrogens with two attached hydrogens (primary N) is 8. The monoisotopic (exact) mass is 1460 g/mol. The van der Waals surface area contributed by atoms with Gasteiger partial charge in [0.2, 0.25) is 82.7 Å². The van der Waals surface area contributed by atoms with Crippen LogP contribution in [0.25, 0.3) is 0 Å². The minimum atomic E-state index is -2.09. The molecular weight excluding hydrogens is 1360 g/mol. The zero-order valence-electron chi connectivity index (χ0n) is 58.4. The summed E-state index contributed by atoms with van der Waals surface area (Å²) >= 11 is 0. The highest BCUT2D eigenvalue weighted by molar-refractivity contribution is 6.01. The third-order valence-electron chi connectivity index (χ3n) is 15.4. The van der Waals surface area contributed by atoms with Crippen LogP contribution in [0.3, 0.4) is 0 Å². The average molecular weight is 1470 g/mol. The fraction of sp³-hybridized carbons (Fsp3) is 0.623. The standard InChI is InChI=1S/C61H104N22O20/c1-7-29(4)46(57(100)78-38(23-42(64)88)52(95)74-35(14-11-21-71-61(68)69)50(93)75-36(59(102)103)12-8-9-19-62)82-55(98)41(27-85)80-58(101)47(31(6)86)83-53(96)39(24-43(65)89)77-54(97)40(26-84)79-56(99)45(28(2)3)81-44(90)25-72-49(92)37(22-32-15-17-33(87)18-16-32)76-51(94)34(73-48(91)30(5)63)13-10-20-70-60(66)67/h15-18,28-31,34-41,45-47,84-87H,7-14,19-27,62-63H2,1-6H3,(H2,64,88)(H2,65,89)(H,72,92)(H,73,91)(H,74,95)(H,75,93)(H,76,94)(H,77,97)(H,78,100)(H,79,99)(H,80,101)(H,81,90)(H,82,98)(H,83,96)(H,102,103)(H4,66,67,70)(H4,68,69,71)/t29-,30-,31+,34-,35-,36-,37-,38-,39-,40-,41-,45-,46-,47-/m0/s1. The van der Waals surface area contributed by atoms with Crippen molar-refractivity contribution in [3.8, 4) is 5.75 Å². The van der Waals surface area contributed by atoms with Crippen LogP contribution >= 0.6 is 0 Å². The number of benzene rings is 1. The maximum absolute atomic E-state index is 14.1. The average Bonchev–Trinajstić information content (AvgIpc) is 0.858. The van der Waals surface area contributed by atoms with Crippen LogP contribution in [0.5, 0.6) is 5.75 Å². The predicted octanol–water partition coefficient (Wildman–Crippen LogP) is -11.1. The van der Waals surface area contributed by atoms with Crippen molar-refractivity contribution >= 4 is 101 Å². The Balaban J connectivity index is 3.37. The van der Waals surface area contributed by atoms with Crippen molar-refractivity contribution < 1.29 is 97.5 Å². The van der Waals surface area contributed by atoms with Gasteiger partial charge < -0.3 is 135 Å². The van der Waals surface area contributed by atoms with E-state index in [9.17, 15) is 97.5 Å². The quantitative estimate of drug-likeness (QED) is 0.0164. The molecule has 1 rings (SSSR count). The van der Waals surface area contributed by atoms with Crippen LogP contribution in [0.1, 0.15) is 111 Å². The number of unbranched alkanes of at least 4 members (excludes halogenated alkanes) is 1. The number of rotatable bonds is 49. The normalized spacial score (nSPS) is 15.1. The number of nitrogens with one attached hydrogen (secondary N) is 12. The summed E-state index contributed by atoms with van der Waals surface area (Å²) in [6.45, 7) is 5.39. The number of primary amides is 2. The number of nitrogens with zero attached hydrogens (tertiary/aromatic N) is 2. The maximum atomic E-state index is 14.1. The van der Waals surface area contributed by atoms with E-state index in [2.05, 4.69) is 73.8 Å². The van der Waals surface area contributed by atoms with Crippen molar-refractivity contribution in [2.45, 2.75) is 191 Å². The number of hydrogen-bond acceptors (Lipinski definition) is 23. The fourth-order valence-electron chi connectivity index (χ4n) is 9.42. The smallest absolute Gasteiger partial charge is 0.326 e. The molecule has 0 saturated heterocycles. The molecule has 0 radical (unpaired) electrons. The molecule has 42 heteroatoms. The van der Waals surface area contributed by atoms with Gasteiger partial charge in [-0.1, -0.05) is 46.2 Å². The van der Waals surface area contributed by atoms with Gasteiger partial charge in [0.05, 0.1) is 44.7 Å². The van der Waals surface area contributed by atoms with E-state index in [-0.39, 0.29) is 82.2 Å². The second kappa shape index (κ2) is 46.8. The summed E-state index contributed by atoms with van der Waals surface area (Å²) in [5, 5.41) is 78.8. The van der Waals surface area contributed by atoms with Crippen LogP contribution in [-0.2, 0) is 78.3 Å². The molecule has 42 nitrogen and oxygen atoms in total. The van der Waals surface area contributed by atoms with Gasteiger partial charge in [-0.15, -0.1) is 0 Å². The van der Waals surface area contributed by atoms with Gasteiger partial charge in [0.15, 0.2) is 11.9 Å². The Labute approximate surface area is 593 Å². The number of aliphatic hydroxyl groups excluding tert-OH is 3. The Kier molecular flexibility index (Phi) is 41.0.